The van der Waals surface area contributed by atoms with Crippen LogP contribution in [0.3, 0.4) is 0 Å². The van der Waals surface area contributed by atoms with E-state index in [1.54, 1.807) is 18.0 Å². The summed E-state index contributed by atoms with van der Waals surface area (Å²) < 4.78 is 6.24. The molecule has 1 aromatic heterocycles. The van der Waals surface area contributed by atoms with Crippen molar-refractivity contribution in [3.8, 4) is 17.0 Å². The Balaban J connectivity index is 1.50. The van der Waals surface area contributed by atoms with E-state index in [2.05, 4.69) is 21.4 Å². The molecule has 1 N–H and O–H groups in total. The van der Waals surface area contributed by atoms with Crippen LogP contribution in [-0.4, -0.2) is 34.8 Å². The van der Waals surface area contributed by atoms with Crippen LogP contribution in [0.15, 0.2) is 53.6 Å². The number of hydrogen-bond donors (Lipinski definition) is 1. The van der Waals surface area contributed by atoms with Crippen molar-refractivity contribution in [3.05, 3.63) is 71.2 Å². The molecule has 0 fully saturated rings. The first kappa shape index (κ1) is 19.5. The number of carbonyl (C=O) groups excluding carboxylic acids is 1. The molecule has 1 amide bonds. The fourth-order valence-corrected chi connectivity index (χ4v) is 4.16. The Labute approximate surface area is 174 Å². The van der Waals surface area contributed by atoms with Gasteiger partial charge in [0.05, 0.1) is 29.2 Å². The number of carbonyl (C=O) groups is 1. The smallest absolute Gasteiger partial charge is 0.252 e. The third kappa shape index (κ3) is 3.98. The van der Waals surface area contributed by atoms with Gasteiger partial charge >= 0.3 is 0 Å². The predicted molar refractivity (Wildman–Crippen MR) is 116 cm³/mol. The first-order valence-electron chi connectivity index (χ1n) is 9.57. The van der Waals surface area contributed by atoms with Gasteiger partial charge in [0.1, 0.15) is 11.9 Å². The lowest BCUT2D eigenvalue weighted by atomic mass is 10.0. The number of fused-ring (bicyclic) bond motifs is 1. The summed E-state index contributed by atoms with van der Waals surface area (Å²) in [4.78, 5) is 22.7. The van der Waals surface area contributed by atoms with Gasteiger partial charge in [0.2, 0.25) is 0 Å². The zero-order valence-corrected chi connectivity index (χ0v) is 17.5. The highest BCUT2D eigenvalue weighted by atomic mass is 32.2. The van der Waals surface area contributed by atoms with Crippen molar-refractivity contribution < 1.29 is 9.53 Å². The van der Waals surface area contributed by atoms with Crippen molar-refractivity contribution in [2.75, 3.05) is 12.8 Å². The number of aryl methyl sites for hydroxylation is 2. The molecular weight excluding hydrogens is 382 g/mol. The Morgan fingerprint density at radius 2 is 2.03 bits per heavy atom. The van der Waals surface area contributed by atoms with Crippen LogP contribution in [0.25, 0.3) is 11.3 Å². The molecule has 2 aromatic carbocycles. The summed E-state index contributed by atoms with van der Waals surface area (Å²) in [5.74, 6) is 0.773. The van der Waals surface area contributed by atoms with E-state index < -0.39 is 0 Å². The van der Waals surface area contributed by atoms with Gasteiger partial charge in [-0.05, 0) is 43.9 Å². The number of para-hydroxylation sites is 1. The fourth-order valence-electron chi connectivity index (χ4n) is 3.57. The molecule has 0 unspecified atom stereocenters. The van der Waals surface area contributed by atoms with Crippen molar-refractivity contribution in [2.24, 2.45) is 0 Å². The molecule has 3 aromatic rings. The van der Waals surface area contributed by atoms with Crippen molar-refractivity contribution >= 4 is 17.7 Å². The van der Waals surface area contributed by atoms with Crippen LogP contribution >= 0.6 is 11.8 Å². The molecular formula is C23H23N3O2S. The Morgan fingerprint density at radius 3 is 2.86 bits per heavy atom. The van der Waals surface area contributed by atoms with Gasteiger partial charge in [-0.25, -0.2) is 4.98 Å². The summed E-state index contributed by atoms with van der Waals surface area (Å²) in [6, 6.07) is 13.7. The zero-order chi connectivity index (χ0) is 20.4. The highest BCUT2D eigenvalue weighted by Gasteiger charge is 2.27. The average Bonchev–Trinajstić information content (AvgIpc) is 3.17. The molecule has 29 heavy (non-hydrogen) atoms. The first-order valence-corrected chi connectivity index (χ1v) is 10.8. The molecule has 0 spiro atoms. The Kier molecular flexibility index (Phi) is 5.53. The first-order chi connectivity index (χ1) is 14.1. The van der Waals surface area contributed by atoms with Gasteiger partial charge < -0.3 is 10.1 Å². The number of nitrogens with zero attached hydrogens (tertiary/aromatic N) is 2. The van der Waals surface area contributed by atoms with Crippen LogP contribution < -0.4 is 10.1 Å². The van der Waals surface area contributed by atoms with Gasteiger partial charge in [0.25, 0.3) is 5.91 Å². The summed E-state index contributed by atoms with van der Waals surface area (Å²) in [6.07, 6.45) is 4.40. The summed E-state index contributed by atoms with van der Waals surface area (Å²) in [5, 5.41) is 3.02. The van der Waals surface area contributed by atoms with Gasteiger partial charge in [-0.1, -0.05) is 24.3 Å². The monoisotopic (exact) mass is 405 g/mol. The lowest BCUT2D eigenvalue weighted by Gasteiger charge is -2.15. The average molecular weight is 406 g/mol. The Hall–Kier alpha value is -2.86. The maximum atomic E-state index is 12.6. The van der Waals surface area contributed by atoms with Crippen LogP contribution in [0.1, 0.15) is 27.3 Å². The topological polar surface area (TPSA) is 64.1 Å². The van der Waals surface area contributed by atoms with Crippen molar-refractivity contribution in [1.29, 1.82) is 0 Å². The fraction of sp³-hybridized carbons (Fsp3) is 0.261. The van der Waals surface area contributed by atoms with Crippen LogP contribution in [0.5, 0.6) is 5.75 Å². The summed E-state index contributed by atoms with van der Waals surface area (Å²) >= 11 is 1.57. The van der Waals surface area contributed by atoms with Crippen molar-refractivity contribution in [1.82, 2.24) is 15.3 Å². The van der Waals surface area contributed by atoms with E-state index in [0.29, 0.717) is 12.1 Å². The molecule has 1 aliphatic heterocycles. The SMILES string of the molecule is CSc1ccccc1C(=O)NC[C@@H]1Cc2cccc(-c3nc(C)cnc3C)c2O1. The van der Waals surface area contributed by atoms with E-state index in [4.69, 9.17) is 4.74 Å². The second-order valence-corrected chi connectivity index (χ2v) is 7.94. The van der Waals surface area contributed by atoms with E-state index in [1.165, 1.54) is 0 Å². The molecule has 4 rings (SSSR count). The molecule has 0 saturated heterocycles. The number of amides is 1. The molecule has 148 valence electrons. The Bertz CT molecular complexity index is 1070. The van der Waals surface area contributed by atoms with Crippen LogP contribution in [-0.2, 0) is 6.42 Å². The zero-order valence-electron chi connectivity index (χ0n) is 16.7. The summed E-state index contributed by atoms with van der Waals surface area (Å²) in [7, 11) is 0. The minimum atomic E-state index is -0.102. The van der Waals surface area contributed by atoms with E-state index >= 15 is 0 Å². The third-order valence-electron chi connectivity index (χ3n) is 5.00. The van der Waals surface area contributed by atoms with Gasteiger partial charge in [0, 0.05) is 23.1 Å². The van der Waals surface area contributed by atoms with E-state index in [1.807, 2.05) is 56.5 Å². The number of benzene rings is 2. The minimum absolute atomic E-state index is 0.0740. The Morgan fingerprint density at radius 1 is 1.21 bits per heavy atom. The van der Waals surface area contributed by atoms with Crippen molar-refractivity contribution in [2.45, 2.75) is 31.3 Å². The van der Waals surface area contributed by atoms with Gasteiger partial charge in [-0.3, -0.25) is 9.78 Å². The molecule has 0 bridgehead atoms. The van der Waals surface area contributed by atoms with E-state index in [0.717, 1.165) is 45.3 Å². The number of rotatable bonds is 5. The molecule has 0 radical (unpaired) electrons. The molecule has 5 nitrogen and oxygen atoms in total. The van der Waals surface area contributed by atoms with Gasteiger partial charge in [0.15, 0.2) is 0 Å². The van der Waals surface area contributed by atoms with E-state index in [9.17, 15) is 4.79 Å². The number of aromatic nitrogens is 2. The molecule has 0 aliphatic carbocycles. The van der Waals surface area contributed by atoms with Gasteiger partial charge in [-0.2, -0.15) is 0 Å². The maximum absolute atomic E-state index is 12.6. The molecule has 1 atom stereocenters. The molecule has 1 aliphatic rings. The predicted octanol–water partition coefficient (Wildman–Crippen LogP) is 4.22. The van der Waals surface area contributed by atoms with Gasteiger partial charge in [-0.15, -0.1) is 11.8 Å². The van der Waals surface area contributed by atoms with Crippen LogP contribution in [0.4, 0.5) is 0 Å². The lowest BCUT2D eigenvalue weighted by Crippen LogP contribution is -2.34. The number of nitrogens with one attached hydrogen (secondary N) is 1. The largest absolute Gasteiger partial charge is 0.487 e. The molecule has 2 heterocycles. The highest BCUT2D eigenvalue weighted by Crippen LogP contribution is 2.38. The standard InChI is InChI=1S/C23H23N3O2S/c1-14-12-24-15(2)21(26-14)19-9-6-7-16-11-17(28-22(16)19)13-25-23(27)18-8-4-5-10-20(18)29-3/h4-10,12,17H,11,13H2,1-3H3,(H,25,27)/t17-/m0/s1. The summed E-state index contributed by atoms with van der Waals surface area (Å²) in [6.45, 7) is 4.34. The highest BCUT2D eigenvalue weighted by molar-refractivity contribution is 7.98. The van der Waals surface area contributed by atoms with Crippen molar-refractivity contribution in [3.63, 3.8) is 0 Å². The maximum Gasteiger partial charge on any atom is 0.252 e. The van der Waals surface area contributed by atoms with Crippen LogP contribution in [0, 0.1) is 13.8 Å². The summed E-state index contributed by atoms with van der Waals surface area (Å²) in [5.41, 5.74) is 5.38. The lowest BCUT2D eigenvalue weighted by molar-refractivity contribution is 0.0930. The second-order valence-electron chi connectivity index (χ2n) is 7.09. The normalized spacial score (nSPS) is 14.9. The minimum Gasteiger partial charge on any atom is -0.487 e. The second kappa shape index (κ2) is 8.25. The number of thioether (sulfide) groups is 1. The molecule has 6 heteroatoms. The van der Waals surface area contributed by atoms with Crippen LogP contribution in [0.2, 0.25) is 0 Å². The number of ether oxygens (including phenoxy) is 1. The quantitative estimate of drug-likeness (QED) is 0.644. The number of hydrogen-bond acceptors (Lipinski definition) is 5. The third-order valence-corrected chi connectivity index (χ3v) is 5.80. The van der Waals surface area contributed by atoms with E-state index in [-0.39, 0.29) is 12.0 Å². The molecule has 0 saturated carbocycles.